The smallest absolute Gasteiger partial charge is 0.136 e. The van der Waals surface area contributed by atoms with Crippen molar-refractivity contribution in [3.05, 3.63) is 27.7 Å². The van der Waals surface area contributed by atoms with Crippen molar-refractivity contribution in [3.63, 3.8) is 0 Å². The van der Waals surface area contributed by atoms with Crippen LogP contribution >= 0.6 is 15.9 Å². The number of ether oxygens (including phenoxy) is 1. The van der Waals surface area contributed by atoms with Crippen LogP contribution in [0.3, 0.4) is 0 Å². The van der Waals surface area contributed by atoms with E-state index < -0.39 is 0 Å². The minimum absolute atomic E-state index is 0.155. The molecule has 0 saturated heterocycles. The highest BCUT2D eigenvalue weighted by molar-refractivity contribution is 9.10. The predicted molar refractivity (Wildman–Crippen MR) is 67.8 cm³/mol. The van der Waals surface area contributed by atoms with Gasteiger partial charge in [0.25, 0.3) is 0 Å². The van der Waals surface area contributed by atoms with Gasteiger partial charge in [-0.2, -0.15) is 0 Å². The molecule has 0 spiro atoms. The van der Waals surface area contributed by atoms with Crippen molar-refractivity contribution in [3.8, 4) is 5.75 Å². The van der Waals surface area contributed by atoms with Gasteiger partial charge in [-0.25, -0.2) is 0 Å². The number of aryl methyl sites for hydroxylation is 1. The highest BCUT2D eigenvalue weighted by atomic mass is 79.9. The Kier molecular flexibility index (Phi) is 2.48. The minimum Gasteiger partial charge on any atom is -0.492 e. The molecule has 0 unspecified atom stereocenters. The molecular formula is C13H16BrNO. The van der Waals surface area contributed by atoms with E-state index in [4.69, 9.17) is 10.5 Å². The second-order valence-electron chi connectivity index (χ2n) is 5.03. The normalized spacial score (nSPS) is 20.4. The van der Waals surface area contributed by atoms with E-state index in [1.807, 2.05) is 0 Å². The van der Waals surface area contributed by atoms with Crippen LogP contribution in [0.2, 0.25) is 0 Å². The fourth-order valence-electron chi connectivity index (χ4n) is 2.27. The average molecular weight is 282 g/mol. The third kappa shape index (κ3) is 1.98. The van der Waals surface area contributed by atoms with Gasteiger partial charge in [-0.15, -0.1) is 0 Å². The third-order valence-corrected chi connectivity index (χ3v) is 4.19. The molecule has 16 heavy (non-hydrogen) atoms. The Hall–Kier alpha value is -0.540. The molecule has 2 aliphatic rings. The molecular weight excluding hydrogens is 266 g/mol. The summed E-state index contributed by atoms with van der Waals surface area (Å²) < 4.78 is 6.67. The quantitative estimate of drug-likeness (QED) is 0.925. The van der Waals surface area contributed by atoms with Gasteiger partial charge in [0.15, 0.2) is 0 Å². The molecule has 1 fully saturated rings. The van der Waals surface area contributed by atoms with Crippen molar-refractivity contribution in [1.29, 1.82) is 0 Å². The van der Waals surface area contributed by atoms with E-state index in [2.05, 4.69) is 28.1 Å². The van der Waals surface area contributed by atoms with Crippen LogP contribution in [-0.4, -0.2) is 12.1 Å². The molecule has 2 N–H and O–H groups in total. The van der Waals surface area contributed by atoms with Crippen LogP contribution in [0.15, 0.2) is 16.6 Å². The summed E-state index contributed by atoms with van der Waals surface area (Å²) >= 11 is 3.58. The van der Waals surface area contributed by atoms with E-state index in [-0.39, 0.29) is 5.54 Å². The molecule has 0 radical (unpaired) electrons. The molecule has 1 saturated carbocycles. The largest absolute Gasteiger partial charge is 0.492 e. The molecule has 1 aliphatic carbocycles. The van der Waals surface area contributed by atoms with Gasteiger partial charge < -0.3 is 10.5 Å². The number of rotatable bonds is 3. The lowest BCUT2D eigenvalue weighted by atomic mass is 10.0. The standard InChI is InChI=1S/C13H16BrNO/c14-11-8-9(1-3-13(15)4-5-13)7-10-2-6-16-12(10)11/h7-8H,1-6,15H2. The first-order valence-electron chi connectivity index (χ1n) is 5.89. The zero-order chi connectivity index (χ0) is 11.2. The van der Waals surface area contributed by atoms with Crippen molar-refractivity contribution in [1.82, 2.24) is 0 Å². The van der Waals surface area contributed by atoms with Crippen molar-refractivity contribution in [2.45, 2.75) is 37.6 Å². The number of benzene rings is 1. The first-order valence-corrected chi connectivity index (χ1v) is 6.69. The fourth-order valence-corrected chi connectivity index (χ4v) is 2.93. The minimum atomic E-state index is 0.155. The number of nitrogens with two attached hydrogens (primary N) is 1. The Morgan fingerprint density at radius 2 is 2.19 bits per heavy atom. The number of hydrogen-bond donors (Lipinski definition) is 1. The Balaban J connectivity index is 1.77. The van der Waals surface area contributed by atoms with Crippen LogP contribution in [0, 0.1) is 0 Å². The van der Waals surface area contributed by atoms with Crippen LogP contribution in [0.4, 0.5) is 0 Å². The summed E-state index contributed by atoms with van der Waals surface area (Å²) in [6.07, 6.45) is 5.63. The van der Waals surface area contributed by atoms with E-state index in [9.17, 15) is 0 Å². The van der Waals surface area contributed by atoms with Gasteiger partial charge in [0.2, 0.25) is 0 Å². The molecule has 3 heteroatoms. The van der Waals surface area contributed by atoms with E-state index in [0.29, 0.717) is 0 Å². The molecule has 1 aromatic rings. The maximum atomic E-state index is 6.11. The van der Waals surface area contributed by atoms with Crippen LogP contribution in [0.25, 0.3) is 0 Å². The SMILES string of the molecule is NC1(CCc2cc(Br)c3c(c2)CCO3)CC1. The maximum absolute atomic E-state index is 6.11. The number of hydrogen-bond acceptors (Lipinski definition) is 2. The summed E-state index contributed by atoms with van der Waals surface area (Å²) in [4.78, 5) is 0. The van der Waals surface area contributed by atoms with Gasteiger partial charge in [0, 0.05) is 12.0 Å². The zero-order valence-corrected chi connectivity index (χ0v) is 10.8. The fraction of sp³-hybridized carbons (Fsp3) is 0.538. The van der Waals surface area contributed by atoms with Gasteiger partial charge in [-0.1, -0.05) is 6.07 Å². The molecule has 1 aromatic carbocycles. The maximum Gasteiger partial charge on any atom is 0.136 e. The van der Waals surface area contributed by atoms with Crippen molar-refractivity contribution in [2.24, 2.45) is 5.73 Å². The third-order valence-electron chi connectivity index (χ3n) is 3.60. The van der Waals surface area contributed by atoms with Crippen molar-refractivity contribution < 1.29 is 4.74 Å². The van der Waals surface area contributed by atoms with E-state index in [1.54, 1.807) is 0 Å². The van der Waals surface area contributed by atoms with Crippen molar-refractivity contribution >= 4 is 15.9 Å². The molecule has 86 valence electrons. The van der Waals surface area contributed by atoms with E-state index in [1.165, 1.54) is 24.0 Å². The summed E-state index contributed by atoms with van der Waals surface area (Å²) in [6, 6.07) is 4.45. The summed E-state index contributed by atoms with van der Waals surface area (Å²) in [5.41, 5.74) is 8.98. The zero-order valence-electron chi connectivity index (χ0n) is 9.26. The number of fused-ring (bicyclic) bond motifs is 1. The van der Waals surface area contributed by atoms with Crippen LogP contribution in [0.1, 0.15) is 30.4 Å². The molecule has 3 rings (SSSR count). The topological polar surface area (TPSA) is 35.2 Å². The Morgan fingerprint density at radius 3 is 2.94 bits per heavy atom. The predicted octanol–water partition coefficient (Wildman–Crippen LogP) is 2.81. The Labute approximate surface area is 104 Å². The lowest BCUT2D eigenvalue weighted by Gasteiger charge is -2.10. The second kappa shape index (κ2) is 3.74. The lowest BCUT2D eigenvalue weighted by molar-refractivity contribution is 0.355. The first-order chi connectivity index (χ1) is 7.66. The summed E-state index contributed by atoms with van der Waals surface area (Å²) in [5, 5.41) is 0. The van der Waals surface area contributed by atoms with Gasteiger partial charge in [0.05, 0.1) is 11.1 Å². The van der Waals surface area contributed by atoms with Crippen molar-refractivity contribution in [2.75, 3.05) is 6.61 Å². The van der Waals surface area contributed by atoms with E-state index >= 15 is 0 Å². The lowest BCUT2D eigenvalue weighted by Crippen LogP contribution is -2.22. The second-order valence-corrected chi connectivity index (χ2v) is 5.88. The molecule has 2 nitrogen and oxygen atoms in total. The highest BCUT2D eigenvalue weighted by Gasteiger charge is 2.37. The van der Waals surface area contributed by atoms with Gasteiger partial charge >= 0.3 is 0 Å². The molecule has 0 atom stereocenters. The molecule has 1 aliphatic heterocycles. The van der Waals surface area contributed by atoms with Crippen LogP contribution in [0.5, 0.6) is 5.75 Å². The first kappa shape index (κ1) is 10.6. The van der Waals surface area contributed by atoms with E-state index in [0.717, 1.165) is 36.1 Å². The molecule has 0 amide bonds. The number of halogens is 1. The Morgan fingerprint density at radius 1 is 1.38 bits per heavy atom. The summed E-state index contributed by atoms with van der Waals surface area (Å²) in [6.45, 7) is 0.818. The van der Waals surface area contributed by atoms with Gasteiger partial charge in [-0.05, 0) is 58.8 Å². The van der Waals surface area contributed by atoms with Crippen LogP contribution < -0.4 is 10.5 Å². The van der Waals surface area contributed by atoms with Gasteiger partial charge in [-0.3, -0.25) is 0 Å². The monoisotopic (exact) mass is 281 g/mol. The molecule has 0 aromatic heterocycles. The average Bonchev–Trinajstić information content (AvgIpc) is 2.79. The summed E-state index contributed by atoms with van der Waals surface area (Å²) in [7, 11) is 0. The molecule has 0 bridgehead atoms. The Bertz CT molecular complexity index is 426. The highest BCUT2D eigenvalue weighted by Crippen LogP contribution is 2.38. The molecule has 1 heterocycles. The summed E-state index contributed by atoms with van der Waals surface area (Å²) in [5.74, 6) is 1.04. The van der Waals surface area contributed by atoms with Crippen LogP contribution in [-0.2, 0) is 12.8 Å². The van der Waals surface area contributed by atoms with Gasteiger partial charge in [0.1, 0.15) is 5.75 Å².